The highest BCUT2D eigenvalue weighted by Crippen LogP contribution is 2.32. The van der Waals surface area contributed by atoms with Gasteiger partial charge < -0.3 is 9.64 Å². The van der Waals surface area contributed by atoms with E-state index in [1.165, 1.54) is 11.1 Å². The van der Waals surface area contributed by atoms with Gasteiger partial charge in [0.2, 0.25) is 5.91 Å². The summed E-state index contributed by atoms with van der Waals surface area (Å²) >= 11 is 6.04. The number of hydrogen-bond acceptors (Lipinski definition) is 3. The molecule has 124 valence electrons. The van der Waals surface area contributed by atoms with Crippen molar-refractivity contribution in [3.63, 3.8) is 0 Å². The van der Waals surface area contributed by atoms with Crippen LogP contribution in [0.25, 0.3) is 0 Å². The molecule has 1 saturated heterocycles. The standard InChI is InChI=1S/C18H22ClNO3/c1-2-23-18(22)16-4-3-7-20(16)17(21)10-12-8-13-5-6-15(19)11-14(13)9-12/h5-6,11-12,16H,2-4,7-10H2,1H3/t12?,16-/m0/s1. The Hall–Kier alpha value is -1.55. The SMILES string of the molecule is CCOC(=O)[C@@H]1CCCN1C(=O)CC1Cc2ccc(Cl)cc2C1. The highest BCUT2D eigenvalue weighted by Gasteiger charge is 2.36. The molecule has 1 amide bonds. The van der Waals surface area contributed by atoms with Gasteiger partial charge in [-0.15, -0.1) is 0 Å². The molecular weight excluding hydrogens is 314 g/mol. The smallest absolute Gasteiger partial charge is 0.328 e. The lowest BCUT2D eigenvalue weighted by atomic mass is 10.0. The zero-order valence-corrected chi connectivity index (χ0v) is 14.1. The van der Waals surface area contributed by atoms with Crippen LogP contribution in [0.15, 0.2) is 18.2 Å². The maximum Gasteiger partial charge on any atom is 0.328 e. The van der Waals surface area contributed by atoms with Crippen molar-refractivity contribution < 1.29 is 14.3 Å². The zero-order chi connectivity index (χ0) is 16.4. The number of hydrogen-bond donors (Lipinski definition) is 0. The Morgan fingerprint density at radius 1 is 1.30 bits per heavy atom. The molecule has 3 rings (SSSR count). The molecule has 0 radical (unpaired) electrons. The molecule has 0 aromatic heterocycles. The Kier molecular flexibility index (Phi) is 4.90. The third-order valence-electron chi connectivity index (χ3n) is 4.78. The predicted octanol–water partition coefficient (Wildman–Crippen LogP) is 3.00. The molecule has 0 saturated carbocycles. The van der Waals surface area contributed by atoms with Gasteiger partial charge in [-0.3, -0.25) is 4.79 Å². The number of esters is 1. The van der Waals surface area contributed by atoms with Gasteiger partial charge in [-0.2, -0.15) is 0 Å². The topological polar surface area (TPSA) is 46.6 Å². The van der Waals surface area contributed by atoms with Gasteiger partial charge in [-0.25, -0.2) is 4.79 Å². The molecule has 0 spiro atoms. The van der Waals surface area contributed by atoms with Crippen molar-refractivity contribution in [1.82, 2.24) is 4.90 Å². The number of likely N-dealkylation sites (tertiary alicyclic amines) is 1. The van der Waals surface area contributed by atoms with Gasteiger partial charge in [0.1, 0.15) is 6.04 Å². The highest BCUT2D eigenvalue weighted by molar-refractivity contribution is 6.30. The van der Waals surface area contributed by atoms with Gasteiger partial charge in [0.25, 0.3) is 0 Å². The molecular formula is C18H22ClNO3. The summed E-state index contributed by atoms with van der Waals surface area (Å²) in [5.41, 5.74) is 2.54. The predicted molar refractivity (Wildman–Crippen MR) is 88.3 cm³/mol. The van der Waals surface area contributed by atoms with Gasteiger partial charge in [0, 0.05) is 18.0 Å². The van der Waals surface area contributed by atoms with E-state index in [0.717, 1.165) is 24.3 Å². The number of rotatable bonds is 4. The molecule has 0 bridgehead atoms. The zero-order valence-electron chi connectivity index (χ0n) is 13.4. The Morgan fingerprint density at radius 3 is 2.87 bits per heavy atom. The van der Waals surface area contributed by atoms with Crippen LogP contribution in [-0.2, 0) is 27.2 Å². The molecule has 1 fully saturated rings. The molecule has 1 aliphatic carbocycles. The summed E-state index contributed by atoms with van der Waals surface area (Å²) in [7, 11) is 0. The lowest BCUT2D eigenvalue weighted by molar-refractivity contribution is -0.153. The lowest BCUT2D eigenvalue weighted by Gasteiger charge is -2.24. The molecule has 1 unspecified atom stereocenters. The number of benzene rings is 1. The summed E-state index contributed by atoms with van der Waals surface area (Å²) in [6.45, 7) is 2.81. The minimum Gasteiger partial charge on any atom is -0.464 e. The molecule has 1 aliphatic heterocycles. The number of ether oxygens (including phenoxy) is 1. The average Bonchev–Trinajstić information content (AvgIpc) is 3.12. The van der Waals surface area contributed by atoms with E-state index in [0.29, 0.717) is 31.9 Å². The Balaban J connectivity index is 1.60. The van der Waals surface area contributed by atoms with E-state index >= 15 is 0 Å². The molecule has 4 nitrogen and oxygen atoms in total. The number of halogens is 1. The van der Waals surface area contributed by atoms with Gasteiger partial charge in [-0.1, -0.05) is 17.7 Å². The first-order valence-electron chi connectivity index (χ1n) is 8.32. The Labute approximate surface area is 141 Å². The number of amides is 1. The third-order valence-corrected chi connectivity index (χ3v) is 5.02. The van der Waals surface area contributed by atoms with E-state index in [9.17, 15) is 9.59 Å². The number of nitrogens with zero attached hydrogens (tertiary/aromatic N) is 1. The van der Waals surface area contributed by atoms with Crippen LogP contribution in [0.4, 0.5) is 0 Å². The summed E-state index contributed by atoms with van der Waals surface area (Å²) in [4.78, 5) is 26.3. The maximum atomic E-state index is 12.6. The quantitative estimate of drug-likeness (QED) is 0.795. The van der Waals surface area contributed by atoms with E-state index in [2.05, 4.69) is 6.07 Å². The van der Waals surface area contributed by atoms with Crippen LogP contribution in [-0.4, -0.2) is 36.0 Å². The summed E-state index contributed by atoms with van der Waals surface area (Å²) in [6.07, 6.45) is 3.87. The minimum absolute atomic E-state index is 0.0736. The largest absolute Gasteiger partial charge is 0.464 e. The normalized spacial score (nSPS) is 23.0. The van der Waals surface area contributed by atoms with Crippen LogP contribution < -0.4 is 0 Å². The second-order valence-electron chi connectivity index (χ2n) is 6.39. The van der Waals surface area contributed by atoms with Crippen molar-refractivity contribution in [2.75, 3.05) is 13.2 Å². The van der Waals surface area contributed by atoms with Crippen LogP contribution in [0, 0.1) is 5.92 Å². The van der Waals surface area contributed by atoms with Crippen LogP contribution in [0.5, 0.6) is 0 Å². The second-order valence-corrected chi connectivity index (χ2v) is 6.83. The van der Waals surface area contributed by atoms with Crippen molar-refractivity contribution in [2.45, 2.75) is 45.1 Å². The highest BCUT2D eigenvalue weighted by atomic mass is 35.5. The van der Waals surface area contributed by atoms with Crippen LogP contribution in [0.3, 0.4) is 0 Å². The number of carbonyl (C=O) groups excluding carboxylic acids is 2. The monoisotopic (exact) mass is 335 g/mol. The fraction of sp³-hybridized carbons (Fsp3) is 0.556. The van der Waals surface area contributed by atoms with Gasteiger partial charge in [-0.05, 0) is 61.8 Å². The van der Waals surface area contributed by atoms with Crippen LogP contribution in [0.1, 0.15) is 37.3 Å². The van der Waals surface area contributed by atoms with Crippen molar-refractivity contribution in [2.24, 2.45) is 5.92 Å². The van der Waals surface area contributed by atoms with Crippen molar-refractivity contribution in [1.29, 1.82) is 0 Å². The molecule has 5 heteroatoms. The van der Waals surface area contributed by atoms with Crippen molar-refractivity contribution >= 4 is 23.5 Å². The summed E-state index contributed by atoms with van der Waals surface area (Å²) in [6, 6.07) is 5.57. The Morgan fingerprint density at radius 2 is 2.09 bits per heavy atom. The van der Waals surface area contributed by atoms with Crippen molar-refractivity contribution in [3.8, 4) is 0 Å². The van der Waals surface area contributed by atoms with E-state index in [-0.39, 0.29) is 17.9 Å². The van der Waals surface area contributed by atoms with Gasteiger partial charge in [0.05, 0.1) is 6.61 Å². The molecule has 0 N–H and O–H groups in total. The van der Waals surface area contributed by atoms with Gasteiger partial charge >= 0.3 is 5.97 Å². The first-order valence-corrected chi connectivity index (χ1v) is 8.69. The first-order chi connectivity index (χ1) is 11.1. The average molecular weight is 336 g/mol. The first kappa shape index (κ1) is 16.3. The van der Waals surface area contributed by atoms with Gasteiger partial charge in [0.15, 0.2) is 0 Å². The number of fused-ring (bicyclic) bond motifs is 1. The summed E-state index contributed by atoms with van der Waals surface area (Å²) < 4.78 is 5.09. The fourth-order valence-electron chi connectivity index (χ4n) is 3.74. The number of carbonyl (C=O) groups is 2. The Bertz CT molecular complexity index is 616. The minimum atomic E-state index is -0.388. The van der Waals surface area contributed by atoms with Crippen LogP contribution in [0.2, 0.25) is 5.02 Å². The molecule has 23 heavy (non-hydrogen) atoms. The van der Waals surface area contributed by atoms with E-state index < -0.39 is 0 Å². The van der Waals surface area contributed by atoms with Crippen LogP contribution >= 0.6 is 11.6 Å². The summed E-state index contributed by atoms with van der Waals surface area (Å²) in [5, 5.41) is 0.748. The second kappa shape index (κ2) is 6.91. The molecule has 1 aromatic carbocycles. The van der Waals surface area contributed by atoms with E-state index in [1.54, 1.807) is 11.8 Å². The van der Waals surface area contributed by atoms with E-state index in [4.69, 9.17) is 16.3 Å². The van der Waals surface area contributed by atoms with Crippen molar-refractivity contribution in [3.05, 3.63) is 34.3 Å². The maximum absolute atomic E-state index is 12.6. The molecule has 2 aliphatic rings. The molecule has 2 atom stereocenters. The van der Waals surface area contributed by atoms with E-state index in [1.807, 2.05) is 12.1 Å². The fourth-order valence-corrected chi connectivity index (χ4v) is 3.93. The lowest BCUT2D eigenvalue weighted by Crippen LogP contribution is -2.42. The molecule has 1 aromatic rings. The summed E-state index contributed by atoms with van der Waals surface area (Å²) in [5.74, 6) is 0.115. The third kappa shape index (κ3) is 3.52. The molecule has 1 heterocycles.